The average molecular weight is 493 g/mol. The van der Waals surface area contributed by atoms with Crippen LogP contribution < -0.4 is 10.6 Å². The van der Waals surface area contributed by atoms with Crippen LogP contribution in [0.4, 0.5) is 29.1 Å². The van der Waals surface area contributed by atoms with Gasteiger partial charge in [0.1, 0.15) is 11.6 Å². The minimum absolute atomic E-state index is 0.141. The van der Waals surface area contributed by atoms with Crippen LogP contribution in [0.5, 0.6) is 0 Å². The minimum atomic E-state index is -4.62. The van der Waals surface area contributed by atoms with Gasteiger partial charge in [-0.2, -0.15) is 13.2 Å². The van der Waals surface area contributed by atoms with E-state index < -0.39 is 17.6 Å². The van der Waals surface area contributed by atoms with Crippen molar-refractivity contribution in [1.29, 1.82) is 0 Å². The van der Waals surface area contributed by atoms with Crippen LogP contribution >= 0.6 is 0 Å². The molecule has 0 amide bonds. The summed E-state index contributed by atoms with van der Waals surface area (Å²) in [4.78, 5) is 8.68. The number of nitrogens with one attached hydrogen (secondary N) is 2. The van der Waals surface area contributed by atoms with E-state index in [1.165, 1.54) is 42.5 Å². The van der Waals surface area contributed by atoms with Crippen molar-refractivity contribution in [3.05, 3.63) is 102 Å². The number of nitrogens with zero attached hydrogens (tertiary/aromatic N) is 2. The van der Waals surface area contributed by atoms with E-state index in [1.54, 1.807) is 6.07 Å². The average Bonchev–Trinajstić information content (AvgIpc) is 2.87. The second kappa shape index (κ2) is 10.6. The van der Waals surface area contributed by atoms with Crippen LogP contribution in [0.25, 0.3) is 28.3 Å². The maximum atomic E-state index is 14.6. The maximum Gasteiger partial charge on any atom is 0.417 e. The summed E-state index contributed by atoms with van der Waals surface area (Å²) in [6, 6.07) is 20.0. The Bertz CT molecular complexity index is 1380. The van der Waals surface area contributed by atoms with Crippen molar-refractivity contribution in [2.45, 2.75) is 19.5 Å². The van der Waals surface area contributed by atoms with Crippen molar-refractivity contribution in [3.8, 4) is 22.6 Å². The number of hydrogen-bond donors (Lipinski definition) is 2. The predicted octanol–water partition coefficient (Wildman–Crippen LogP) is 7.87. The molecule has 1 heterocycles. The number of hydrogen-bond acceptors (Lipinski definition) is 4. The predicted molar refractivity (Wildman–Crippen MR) is 136 cm³/mol. The highest BCUT2D eigenvalue weighted by Gasteiger charge is 2.34. The summed E-state index contributed by atoms with van der Waals surface area (Å²) in [6.07, 6.45) is -3.69. The molecule has 184 valence electrons. The van der Waals surface area contributed by atoms with Gasteiger partial charge in [0.15, 0.2) is 5.82 Å². The van der Waals surface area contributed by atoms with Crippen LogP contribution in [-0.2, 0) is 6.18 Å². The van der Waals surface area contributed by atoms with E-state index in [2.05, 4.69) is 27.2 Å². The summed E-state index contributed by atoms with van der Waals surface area (Å²) in [5, 5.41) is 6.41. The molecule has 0 bridgehead atoms. The van der Waals surface area contributed by atoms with Crippen LogP contribution in [0.3, 0.4) is 0 Å². The molecule has 0 fully saturated rings. The number of alkyl halides is 3. The highest BCUT2D eigenvalue weighted by atomic mass is 19.4. The molecule has 0 aliphatic rings. The number of aromatic nitrogens is 2. The van der Waals surface area contributed by atoms with Gasteiger partial charge in [-0.15, -0.1) is 0 Å². The molecular weight excluding hydrogens is 468 g/mol. The fourth-order valence-electron chi connectivity index (χ4n) is 3.75. The monoisotopic (exact) mass is 492 g/mol. The molecule has 0 atom stereocenters. The van der Waals surface area contributed by atoms with Gasteiger partial charge in [-0.25, -0.2) is 14.4 Å². The van der Waals surface area contributed by atoms with Crippen LogP contribution in [0.15, 0.2) is 85.4 Å². The number of benzene rings is 3. The Kier molecular flexibility index (Phi) is 7.33. The highest BCUT2D eigenvalue weighted by Crippen LogP contribution is 2.37. The second-order valence-corrected chi connectivity index (χ2v) is 8.06. The molecule has 0 saturated heterocycles. The van der Waals surface area contributed by atoms with Gasteiger partial charge in [-0.1, -0.05) is 62.0 Å². The van der Waals surface area contributed by atoms with Gasteiger partial charge in [0.05, 0.1) is 11.3 Å². The molecule has 4 rings (SSSR count). The van der Waals surface area contributed by atoms with Crippen molar-refractivity contribution in [1.82, 2.24) is 9.97 Å². The summed E-state index contributed by atoms with van der Waals surface area (Å²) in [5.41, 5.74) is 1.29. The fraction of sp³-hybridized carbons (Fsp3) is 0.143. The van der Waals surface area contributed by atoms with E-state index in [4.69, 9.17) is 0 Å². The van der Waals surface area contributed by atoms with E-state index in [9.17, 15) is 17.6 Å². The third-order valence-electron chi connectivity index (χ3n) is 5.45. The van der Waals surface area contributed by atoms with Gasteiger partial charge in [0, 0.05) is 40.7 Å². The molecule has 4 nitrogen and oxygen atoms in total. The molecule has 3 aromatic carbocycles. The molecular formula is C28H24F4N4. The van der Waals surface area contributed by atoms with Crippen LogP contribution in [0.2, 0.25) is 0 Å². The lowest BCUT2D eigenvalue weighted by atomic mass is 10.1. The zero-order chi connectivity index (χ0) is 25.7. The van der Waals surface area contributed by atoms with Crippen LogP contribution in [0.1, 0.15) is 24.5 Å². The van der Waals surface area contributed by atoms with Crippen LogP contribution in [0, 0.1) is 5.82 Å². The Balaban J connectivity index is 1.82. The Morgan fingerprint density at radius 2 is 1.56 bits per heavy atom. The molecule has 1 aromatic heterocycles. The zero-order valence-electron chi connectivity index (χ0n) is 19.5. The first-order valence-corrected chi connectivity index (χ1v) is 11.4. The van der Waals surface area contributed by atoms with Crippen molar-refractivity contribution < 1.29 is 17.6 Å². The van der Waals surface area contributed by atoms with Crippen molar-refractivity contribution in [3.63, 3.8) is 0 Å². The first-order valence-electron chi connectivity index (χ1n) is 11.4. The largest absolute Gasteiger partial charge is 0.417 e. The Hall–Kier alpha value is -4.20. The first kappa shape index (κ1) is 24.9. The molecule has 0 unspecified atom stereocenters. The summed E-state index contributed by atoms with van der Waals surface area (Å²) in [7, 11) is 0. The summed E-state index contributed by atoms with van der Waals surface area (Å²) >= 11 is 0. The lowest BCUT2D eigenvalue weighted by molar-refractivity contribution is -0.137. The minimum Gasteiger partial charge on any atom is -0.385 e. The maximum absolute atomic E-state index is 14.6. The van der Waals surface area contributed by atoms with Gasteiger partial charge < -0.3 is 10.6 Å². The van der Waals surface area contributed by atoms with Gasteiger partial charge in [-0.05, 0) is 30.7 Å². The lowest BCUT2D eigenvalue weighted by Gasteiger charge is -2.17. The standard InChI is InChI=1S/C28H24F4N4/c1-3-16-33-24-15-9-6-10-19(24)18(2)34-26-17-25(21-12-5-8-14-23(21)29)35-27(36-26)20-11-4-7-13-22(20)28(30,31)32/h4-15,17,33H,2-3,16H2,1H3,(H,34,35,36). The summed E-state index contributed by atoms with van der Waals surface area (Å²) in [6.45, 7) is 6.91. The quantitative estimate of drug-likeness (QED) is 0.246. The van der Waals surface area contributed by atoms with Gasteiger partial charge in [0.2, 0.25) is 0 Å². The number of halogens is 4. The summed E-state index contributed by atoms with van der Waals surface area (Å²) in [5.74, 6) is -0.549. The zero-order valence-corrected chi connectivity index (χ0v) is 19.5. The van der Waals surface area contributed by atoms with Gasteiger partial charge in [-0.3, -0.25) is 0 Å². The van der Waals surface area contributed by atoms with E-state index in [0.717, 1.165) is 30.3 Å². The smallest absolute Gasteiger partial charge is 0.385 e. The molecule has 0 spiro atoms. The molecule has 36 heavy (non-hydrogen) atoms. The normalized spacial score (nSPS) is 11.2. The number of anilines is 2. The van der Waals surface area contributed by atoms with Gasteiger partial charge in [0.25, 0.3) is 0 Å². The highest BCUT2D eigenvalue weighted by molar-refractivity contribution is 5.82. The van der Waals surface area contributed by atoms with Crippen molar-refractivity contribution >= 4 is 17.2 Å². The molecule has 0 aliphatic heterocycles. The third-order valence-corrected chi connectivity index (χ3v) is 5.45. The lowest BCUT2D eigenvalue weighted by Crippen LogP contribution is -2.10. The number of rotatable bonds is 8. The molecule has 2 N–H and O–H groups in total. The van der Waals surface area contributed by atoms with Crippen molar-refractivity contribution in [2.75, 3.05) is 17.2 Å². The molecule has 0 aliphatic carbocycles. The van der Waals surface area contributed by atoms with Crippen LogP contribution in [-0.4, -0.2) is 16.5 Å². The van der Waals surface area contributed by atoms with E-state index >= 15 is 0 Å². The molecule has 8 heteroatoms. The van der Waals surface area contributed by atoms with E-state index in [1.807, 2.05) is 31.2 Å². The van der Waals surface area contributed by atoms with E-state index in [-0.39, 0.29) is 28.5 Å². The second-order valence-electron chi connectivity index (χ2n) is 8.06. The fourth-order valence-corrected chi connectivity index (χ4v) is 3.75. The van der Waals surface area contributed by atoms with Crippen molar-refractivity contribution in [2.24, 2.45) is 0 Å². The first-order chi connectivity index (χ1) is 17.3. The summed E-state index contributed by atoms with van der Waals surface area (Å²) < 4.78 is 55.9. The number of para-hydroxylation sites is 1. The Labute approximate surface area is 206 Å². The SMILES string of the molecule is C=C(Nc1cc(-c2ccccc2F)nc(-c2ccccc2C(F)(F)F)n1)c1ccccc1NCCC. The molecule has 0 saturated carbocycles. The Morgan fingerprint density at radius 1 is 0.889 bits per heavy atom. The van der Waals surface area contributed by atoms with Gasteiger partial charge >= 0.3 is 6.18 Å². The third kappa shape index (κ3) is 5.54. The molecule has 4 aromatic rings. The molecule has 0 radical (unpaired) electrons. The van der Waals surface area contributed by atoms with E-state index in [0.29, 0.717) is 5.70 Å². The Morgan fingerprint density at radius 3 is 2.28 bits per heavy atom. The topological polar surface area (TPSA) is 49.8 Å².